The third kappa shape index (κ3) is 4.08. The van der Waals surface area contributed by atoms with E-state index in [0.717, 1.165) is 83.0 Å². The first-order valence-corrected chi connectivity index (χ1v) is 27.3. The van der Waals surface area contributed by atoms with Crippen molar-refractivity contribution in [3.8, 4) is 0 Å². The molecule has 0 aromatic carbocycles. The molecule has 5 saturated heterocycles. The molecule has 0 radical (unpaired) electrons. The zero-order chi connectivity index (χ0) is 46.8. The van der Waals surface area contributed by atoms with Gasteiger partial charge in [-0.1, -0.05) is 32.4 Å². The van der Waals surface area contributed by atoms with Gasteiger partial charge in [-0.2, -0.15) is 0 Å². The van der Waals surface area contributed by atoms with Crippen molar-refractivity contribution in [1.29, 1.82) is 0 Å². The standard InChI is InChI=1S/C56H70N2O11/c1-48-22-30-23-54-32-9-15-51(54)13-4-5-31(51)10-16-53(54)47(64)66-26-52-41(30)50(3,43(62)40(61)42(52)49(2)14-8-33(20-32)55(52,53)69-49)56(48)45(68-56)46(63)67-44(48)35-12-18-65-39(35)21-36(38(60)25-59)28-6-7-34-29(19-28)11-17-58-27-57-24-37(34)58/h8,11-12,17-18,28-32,34,36-38,41-45,57,59-60,62H,4-7,9-10,13-16,19-27H2,1-3H3. The zero-order valence-electron chi connectivity index (χ0n) is 40.5. The molecule has 7 aliphatic heterocycles. The Bertz CT molecular complexity index is 2590. The van der Waals surface area contributed by atoms with Crippen LogP contribution in [0.5, 0.6) is 0 Å². The zero-order valence-corrected chi connectivity index (χ0v) is 40.5. The SMILES string of the molecule is CC12CC=C3CC4CCC56CCCC5CCC57C(=O)OCC8(C1C(=O)C(O)C1(C)C8C(CC8(C)C(c9ccoc9CC(C(O)CO)C9CCC%10C(C=CN%11CNCC%10%11)C9)OC(=O)C9OC981)CC465)C37O2. The van der Waals surface area contributed by atoms with Crippen LogP contribution < -0.4 is 5.32 Å². The average Bonchev–Trinajstić information content (AvgIpc) is 3.80. The van der Waals surface area contributed by atoms with E-state index in [4.69, 9.17) is 23.4 Å². The second-order valence-corrected chi connectivity index (χ2v) is 26.7. The van der Waals surface area contributed by atoms with Crippen molar-refractivity contribution in [3.63, 3.8) is 0 Å². The fraction of sp³-hybridized carbons (Fsp3) is 0.804. The summed E-state index contributed by atoms with van der Waals surface area (Å²) in [5.74, 6) is 0.0630. The van der Waals surface area contributed by atoms with Crippen LogP contribution in [-0.2, 0) is 39.8 Å². The molecule has 13 heteroatoms. The van der Waals surface area contributed by atoms with Crippen molar-refractivity contribution in [1.82, 2.24) is 10.2 Å². The van der Waals surface area contributed by atoms with Gasteiger partial charge in [0.15, 0.2) is 11.9 Å². The van der Waals surface area contributed by atoms with E-state index in [-0.39, 0.29) is 60.0 Å². The van der Waals surface area contributed by atoms with E-state index in [0.29, 0.717) is 55.2 Å². The number of hydrogen-bond acceptors (Lipinski definition) is 13. The summed E-state index contributed by atoms with van der Waals surface area (Å²) in [6.45, 7) is 7.89. The van der Waals surface area contributed by atoms with Crippen LogP contribution in [0, 0.1) is 85.8 Å². The molecular formula is C56H70N2O11. The van der Waals surface area contributed by atoms with Crippen molar-refractivity contribution < 1.29 is 53.1 Å². The molecule has 4 N–H and O–H groups in total. The molecule has 13 nitrogen and oxygen atoms in total. The van der Waals surface area contributed by atoms with Crippen molar-refractivity contribution in [2.24, 2.45) is 85.8 Å². The Morgan fingerprint density at radius 1 is 1.00 bits per heavy atom. The molecule has 5 bridgehead atoms. The molecule has 16 rings (SSSR count). The highest BCUT2D eigenvalue weighted by Crippen LogP contribution is 2.94. The lowest BCUT2D eigenvalue weighted by Crippen LogP contribution is -2.83. The van der Waals surface area contributed by atoms with Crippen molar-refractivity contribution in [3.05, 3.63) is 47.6 Å². The average molecular weight is 947 g/mol. The number of cyclic esters (lactones) is 2. The van der Waals surface area contributed by atoms with Crippen LogP contribution in [0.1, 0.15) is 128 Å². The number of aliphatic hydroxyl groups is 3. The molecule has 8 heterocycles. The molecule has 8 aliphatic carbocycles. The summed E-state index contributed by atoms with van der Waals surface area (Å²) in [6.07, 6.45) is 17.6. The van der Waals surface area contributed by atoms with E-state index in [9.17, 15) is 20.1 Å². The number of ether oxygens (including phenoxy) is 4. The van der Waals surface area contributed by atoms with Crippen molar-refractivity contribution in [2.75, 3.05) is 26.4 Å². The van der Waals surface area contributed by atoms with Crippen LogP contribution in [0.15, 0.2) is 40.7 Å². The Morgan fingerprint density at radius 3 is 2.71 bits per heavy atom. The van der Waals surface area contributed by atoms with Gasteiger partial charge in [-0.05, 0) is 166 Å². The van der Waals surface area contributed by atoms with Gasteiger partial charge in [-0.3, -0.25) is 14.9 Å². The van der Waals surface area contributed by atoms with Crippen LogP contribution in [0.4, 0.5) is 0 Å². The molecule has 1 aromatic heterocycles. The smallest absolute Gasteiger partial charge is 0.339 e. The van der Waals surface area contributed by atoms with Gasteiger partial charge in [0, 0.05) is 35.4 Å². The van der Waals surface area contributed by atoms with Crippen LogP contribution in [0.3, 0.4) is 0 Å². The minimum absolute atomic E-state index is 0.0533. The van der Waals surface area contributed by atoms with Crippen LogP contribution in [0.2, 0.25) is 0 Å². The third-order valence-corrected chi connectivity index (χ3v) is 25.6. The maximum Gasteiger partial charge on any atom is 0.339 e. The van der Waals surface area contributed by atoms with E-state index >= 15 is 9.59 Å². The lowest BCUT2D eigenvalue weighted by molar-refractivity contribution is -0.317. The molecule has 0 amide bonds. The Hall–Kier alpha value is -3.07. The summed E-state index contributed by atoms with van der Waals surface area (Å²) >= 11 is 0. The van der Waals surface area contributed by atoms with E-state index in [1.807, 2.05) is 6.07 Å². The number of ketones is 1. The summed E-state index contributed by atoms with van der Waals surface area (Å²) in [7, 11) is 0. The number of allylic oxidation sites excluding steroid dienone is 1. The molecule has 69 heavy (non-hydrogen) atoms. The summed E-state index contributed by atoms with van der Waals surface area (Å²) < 4.78 is 35.2. The fourth-order valence-electron chi connectivity index (χ4n) is 24.1. The molecule has 13 fully saturated rings. The monoisotopic (exact) mass is 946 g/mol. The maximum absolute atomic E-state index is 16.0. The number of Topliss-reactive ketones (excluding diaryl/α,β-unsaturated/α-hetero) is 1. The number of hydrogen-bond donors (Lipinski definition) is 4. The lowest BCUT2D eigenvalue weighted by Gasteiger charge is -2.74. The number of carbonyl (C=O) groups is 3. The quantitative estimate of drug-likeness (QED) is 0.155. The number of nitrogens with zero attached hydrogens (tertiary/aromatic N) is 1. The van der Waals surface area contributed by atoms with E-state index in [1.54, 1.807) is 6.26 Å². The van der Waals surface area contributed by atoms with Crippen LogP contribution in [0.25, 0.3) is 0 Å². The minimum atomic E-state index is -1.47. The topological polar surface area (TPSA) is 181 Å². The van der Waals surface area contributed by atoms with Gasteiger partial charge in [0.1, 0.15) is 41.2 Å². The normalized spacial score (nSPS) is 57.7. The molecule has 1 aromatic rings. The minimum Gasteiger partial charge on any atom is -0.469 e. The highest BCUT2D eigenvalue weighted by molar-refractivity contribution is 5.94. The Morgan fingerprint density at radius 2 is 1.86 bits per heavy atom. The second-order valence-electron chi connectivity index (χ2n) is 26.7. The van der Waals surface area contributed by atoms with Gasteiger partial charge >= 0.3 is 11.9 Å². The molecule has 6 spiro atoms. The lowest BCUT2D eigenvalue weighted by atomic mass is 9.29. The fourth-order valence-corrected chi connectivity index (χ4v) is 24.1. The highest BCUT2D eigenvalue weighted by atomic mass is 16.7. The van der Waals surface area contributed by atoms with Gasteiger partial charge in [0.25, 0.3) is 0 Å². The second kappa shape index (κ2) is 12.8. The third-order valence-electron chi connectivity index (χ3n) is 25.6. The number of nitrogens with one attached hydrogen (secondary N) is 1. The summed E-state index contributed by atoms with van der Waals surface area (Å²) in [5.41, 5.74) is -6.10. The predicted octanol–water partition coefficient (Wildman–Crippen LogP) is 5.70. The Kier molecular flexibility index (Phi) is 7.88. The summed E-state index contributed by atoms with van der Waals surface area (Å²) in [5, 5.41) is 39.3. The predicted molar refractivity (Wildman–Crippen MR) is 244 cm³/mol. The first-order chi connectivity index (χ1) is 33.2. The first kappa shape index (κ1) is 42.4. The number of carbonyl (C=O) groups excluding carboxylic acids is 3. The summed E-state index contributed by atoms with van der Waals surface area (Å²) in [4.78, 5) is 49.1. The highest BCUT2D eigenvalue weighted by Gasteiger charge is 3.00. The van der Waals surface area contributed by atoms with Gasteiger partial charge < -0.3 is 43.6 Å². The molecule has 370 valence electrons. The number of epoxide rings is 1. The number of esters is 2. The molecule has 15 aliphatic rings. The van der Waals surface area contributed by atoms with Gasteiger partial charge in [0.2, 0.25) is 0 Å². The summed E-state index contributed by atoms with van der Waals surface area (Å²) in [6, 6.07) is 2.40. The van der Waals surface area contributed by atoms with Gasteiger partial charge in [-0.25, -0.2) is 4.79 Å². The molecular weight excluding hydrogens is 877 g/mol. The van der Waals surface area contributed by atoms with Crippen molar-refractivity contribution in [2.45, 2.75) is 164 Å². The molecule has 8 saturated carbocycles. The number of fused-ring (bicyclic) bond motifs is 5. The molecule has 23 unspecified atom stereocenters. The molecule has 23 atom stereocenters. The van der Waals surface area contributed by atoms with E-state index in [2.05, 4.69) is 49.3 Å². The maximum atomic E-state index is 16.0. The van der Waals surface area contributed by atoms with E-state index in [1.165, 1.54) is 12.0 Å². The first-order valence-electron chi connectivity index (χ1n) is 27.3. The number of furan rings is 1. The number of aliphatic hydroxyl groups excluding tert-OH is 3. The largest absolute Gasteiger partial charge is 0.469 e. The van der Waals surface area contributed by atoms with Gasteiger partial charge in [0.05, 0.1) is 42.6 Å². The number of rotatable bonds is 6. The van der Waals surface area contributed by atoms with Crippen LogP contribution >= 0.6 is 0 Å². The van der Waals surface area contributed by atoms with Crippen LogP contribution in [-0.4, -0.2) is 106 Å². The van der Waals surface area contributed by atoms with E-state index < -0.39 is 80.2 Å². The van der Waals surface area contributed by atoms with Gasteiger partial charge in [-0.15, -0.1) is 0 Å². The van der Waals surface area contributed by atoms with Crippen molar-refractivity contribution >= 4 is 17.7 Å². The Balaban J connectivity index is 0.862. The Labute approximate surface area is 403 Å².